The van der Waals surface area contributed by atoms with E-state index >= 15 is 0 Å². The van der Waals surface area contributed by atoms with Crippen molar-refractivity contribution >= 4 is 11.7 Å². The molecule has 2 heterocycles. The number of carbonyl (C=O) groups excluding carboxylic acids is 1. The molecule has 2 atom stereocenters. The summed E-state index contributed by atoms with van der Waals surface area (Å²) < 4.78 is 4.66. The Labute approximate surface area is 120 Å². The molecule has 1 aromatic rings. The molecular weight excluding hydrogens is 254 g/mol. The molecule has 5 heteroatoms. The highest BCUT2D eigenvalue weighted by Gasteiger charge is 2.20. The zero-order chi connectivity index (χ0) is 14.5. The third-order valence-electron chi connectivity index (χ3n) is 3.92. The Morgan fingerprint density at radius 3 is 3.05 bits per heavy atom. The smallest absolute Gasteiger partial charge is 0.307 e. The second kappa shape index (κ2) is 6.70. The Morgan fingerprint density at radius 1 is 1.55 bits per heavy atom. The van der Waals surface area contributed by atoms with Gasteiger partial charge in [-0.25, -0.2) is 0 Å². The monoisotopic (exact) mass is 277 g/mol. The summed E-state index contributed by atoms with van der Waals surface area (Å²) in [5.41, 5.74) is 8.02. The van der Waals surface area contributed by atoms with Crippen LogP contribution in [-0.2, 0) is 9.53 Å². The highest BCUT2D eigenvalue weighted by Crippen LogP contribution is 2.26. The summed E-state index contributed by atoms with van der Waals surface area (Å²) in [7, 11) is 1.37. The fourth-order valence-electron chi connectivity index (χ4n) is 2.67. The van der Waals surface area contributed by atoms with Gasteiger partial charge in [-0.05, 0) is 37.8 Å². The maximum absolute atomic E-state index is 11.3. The quantitative estimate of drug-likeness (QED) is 0.853. The number of rotatable bonds is 4. The van der Waals surface area contributed by atoms with Gasteiger partial charge in [0.1, 0.15) is 0 Å². The van der Waals surface area contributed by atoms with E-state index < -0.39 is 0 Å². The summed E-state index contributed by atoms with van der Waals surface area (Å²) in [4.78, 5) is 17.9. The van der Waals surface area contributed by atoms with Crippen molar-refractivity contribution in [2.24, 2.45) is 5.73 Å². The number of aromatic nitrogens is 1. The van der Waals surface area contributed by atoms with Crippen molar-refractivity contribution in [3.8, 4) is 0 Å². The third-order valence-corrected chi connectivity index (χ3v) is 3.92. The largest absolute Gasteiger partial charge is 0.469 e. The van der Waals surface area contributed by atoms with E-state index in [2.05, 4.69) is 21.5 Å². The molecule has 0 spiro atoms. The molecule has 0 aromatic carbocycles. The molecule has 2 N–H and O–H groups in total. The topological polar surface area (TPSA) is 68.5 Å². The lowest BCUT2D eigenvalue weighted by molar-refractivity contribution is -0.141. The molecule has 0 saturated carbocycles. The van der Waals surface area contributed by atoms with Crippen LogP contribution >= 0.6 is 0 Å². The van der Waals surface area contributed by atoms with Gasteiger partial charge in [0.2, 0.25) is 0 Å². The van der Waals surface area contributed by atoms with Crippen molar-refractivity contribution in [1.29, 1.82) is 0 Å². The molecule has 0 unspecified atom stereocenters. The molecule has 1 aromatic heterocycles. The molecular formula is C15H23N3O2. The number of piperidine rings is 1. The number of esters is 1. The Kier molecular flexibility index (Phi) is 4.95. The van der Waals surface area contributed by atoms with Crippen molar-refractivity contribution in [2.45, 2.75) is 44.7 Å². The number of hydrogen-bond acceptors (Lipinski definition) is 5. The van der Waals surface area contributed by atoms with Crippen molar-refractivity contribution < 1.29 is 9.53 Å². The van der Waals surface area contributed by atoms with Crippen molar-refractivity contribution in [2.75, 3.05) is 18.6 Å². The summed E-state index contributed by atoms with van der Waals surface area (Å²) >= 11 is 0. The molecule has 1 aliphatic rings. The van der Waals surface area contributed by atoms with Gasteiger partial charge in [-0.3, -0.25) is 9.78 Å². The van der Waals surface area contributed by atoms with Crippen LogP contribution in [0.15, 0.2) is 18.5 Å². The first kappa shape index (κ1) is 14.8. The van der Waals surface area contributed by atoms with Gasteiger partial charge in [0, 0.05) is 24.8 Å². The Hall–Kier alpha value is -1.62. The Balaban J connectivity index is 2.12. The fourth-order valence-corrected chi connectivity index (χ4v) is 2.67. The number of methoxy groups -OCH3 is 1. The van der Waals surface area contributed by atoms with Crippen LogP contribution in [0.1, 0.15) is 44.2 Å². The van der Waals surface area contributed by atoms with Crippen molar-refractivity contribution in [3.63, 3.8) is 0 Å². The van der Waals surface area contributed by atoms with Gasteiger partial charge in [0.15, 0.2) is 0 Å². The van der Waals surface area contributed by atoms with Crippen LogP contribution in [-0.4, -0.2) is 30.6 Å². The lowest BCUT2D eigenvalue weighted by Crippen LogP contribution is -2.37. The Bertz CT molecular complexity index is 464. The Morgan fingerprint density at radius 2 is 2.35 bits per heavy atom. The summed E-state index contributed by atoms with van der Waals surface area (Å²) in [6.45, 7) is 3.29. The number of carbonyl (C=O) groups is 1. The van der Waals surface area contributed by atoms with Gasteiger partial charge in [0.25, 0.3) is 0 Å². The molecule has 0 aliphatic carbocycles. The van der Waals surface area contributed by atoms with E-state index in [1.165, 1.54) is 26.4 Å². The molecule has 5 nitrogen and oxygen atoms in total. The minimum atomic E-state index is -0.366. The van der Waals surface area contributed by atoms with Gasteiger partial charge < -0.3 is 15.4 Å². The number of anilines is 1. The van der Waals surface area contributed by atoms with Gasteiger partial charge in [0.05, 0.1) is 25.4 Å². The zero-order valence-electron chi connectivity index (χ0n) is 12.2. The number of nitrogens with zero attached hydrogens (tertiary/aromatic N) is 2. The maximum atomic E-state index is 11.3. The first-order chi connectivity index (χ1) is 9.61. The van der Waals surface area contributed by atoms with Crippen LogP contribution in [0, 0.1) is 0 Å². The summed E-state index contributed by atoms with van der Waals surface area (Å²) in [6.07, 6.45) is 7.48. The zero-order valence-corrected chi connectivity index (χ0v) is 12.2. The van der Waals surface area contributed by atoms with Gasteiger partial charge >= 0.3 is 5.97 Å². The molecule has 0 amide bonds. The number of hydrogen-bond donors (Lipinski definition) is 1. The van der Waals surface area contributed by atoms with Gasteiger partial charge in [-0.2, -0.15) is 0 Å². The van der Waals surface area contributed by atoms with E-state index in [9.17, 15) is 4.79 Å². The number of ether oxygens (including phenoxy) is 1. The lowest BCUT2D eigenvalue weighted by atomic mass is 10.0. The lowest BCUT2D eigenvalue weighted by Gasteiger charge is -2.35. The van der Waals surface area contributed by atoms with Crippen LogP contribution in [0.2, 0.25) is 0 Å². The molecule has 1 saturated heterocycles. The predicted octanol–water partition coefficient (Wildman–Crippen LogP) is 2.02. The van der Waals surface area contributed by atoms with Crippen LogP contribution in [0.25, 0.3) is 0 Å². The molecule has 0 radical (unpaired) electrons. The SMILES string of the molecule is COC(=O)C[C@@H](N)c1cncc(N2CCCC[C@@H]2C)c1. The highest BCUT2D eigenvalue weighted by molar-refractivity contribution is 5.70. The molecule has 110 valence electrons. The van der Waals surface area contributed by atoms with E-state index in [4.69, 9.17) is 5.73 Å². The first-order valence-corrected chi connectivity index (χ1v) is 7.16. The molecule has 1 aliphatic heterocycles. The van der Waals surface area contributed by atoms with Crippen LogP contribution in [0.5, 0.6) is 0 Å². The van der Waals surface area contributed by atoms with Gasteiger partial charge in [-0.15, -0.1) is 0 Å². The second-order valence-corrected chi connectivity index (χ2v) is 5.40. The number of nitrogens with two attached hydrogens (primary N) is 1. The third kappa shape index (κ3) is 3.48. The standard InChI is InChI=1S/C15H23N3O2/c1-11-5-3-4-6-18(11)13-7-12(9-17-10-13)14(16)8-15(19)20-2/h7,9-11,14H,3-6,8,16H2,1-2H3/t11-,14+/m0/s1. The fraction of sp³-hybridized carbons (Fsp3) is 0.600. The summed E-state index contributed by atoms with van der Waals surface area (Å²) in [6, 6.07) is 2.20. The normalized spacial score (nSPS) is 20.6. The summed E-state index contributed by atoms with van der Waals surface area (Å²) in [5, 5.41) is 0. The van der Waals surface area contributed by atoms with Crippen LogP contribution < -0.4 is 10.6 Å². The minimum absolute atomic E-state index is 0.178. The molecule has 1 fully saturated rings. The molecule has 0 bridgehead atoms. The first-order valence-electron chi connectivity index (χ1n) is 7.16. The van der Waals surface area contributed by atoms with Crippen LogP contribution in [0.3, 0.4) is 0 Å². The minimum Gasteiger partial charge on any atom is -0.469 e. The van der Waals surface area contributed by atoms with E-state index in [0.717, 1.165) is 17.8 Å². The molecule has 2 rings (SSSR count). The van der Waals surface area contributed by atoms with Crippen LogP contribution in [0.4, 0.5) is 5.69 Å². The van der Waals surface area contributed by atoms with Crippen molar-refractivity contribution in [3.05, 3.63) is 24.0 Å². The van der Waals surface area contributed by atoms with E-state index in [1.54, 1.807) is 6.20 Å². The van der Waals surface area contributed by atoms with Crippen molar-refractivity contribution in [1.82, 2.24) is 4.98 Å². The number of pyridine rings is 1. The van der Waals surface area contributed by atoms with Gasteiger partial charge in [-0.1, -0.05) is 0 Å². The highest BCUT2D eigenvalue weighted by atomic mass is 16.5. The maximum Gasteiger partial charge on any atom is 0.307 e. The summed E-state index contributed by atoms with van der Waals surface area (Å²) in [5.74, 6) is -0.297. The molecule has 20 heavy (non-hydrogen) atoms. The average molecular weight is 277 g/mol. The predicted molar refractivity (Wildman–Crippen MR) is 78.5 cm³/mol. The van der Waals surface area contributed by atoms with E-state index in [1.807, 2.05) is 12.3 Å². The van der Waals surface area contributed by atoms with E-state index in [-0.39, 0.29) is 18.4 Å². The van der Waals surface area contributed by atoms with E-state index in [0.29, 0.717) is 6.04 Å². The average Bonchev–Trinajstić information content (AvgIpc) is 2.47. The second-order valence-electron chi connectivity index (χ2n) is 5.40.